The number of benzene rings is 1. The molecule has 0 atom stereocenters. The van der Waals surface area contributed by atoms with Crippen molar-refractivity contribution in [2.45, 2.75) is 6.92 Å². The van der Waals surface area contributed by atoms with E-state index < -0.39 is 0 Å². The molecular formula is C15H16N2. The standard InChI is InChI=1S/C15H16N2/c1-2-12(7-9-16)13-3-5-14(6-4-13)15-8-10-17-11-15/h2-11,17H,16H2,1H3/b9-7-,12-2+. The number of aromatic amines is 1. The third kappa shape index (κ3) is 2.48. The molecule has 0 saturated heterocycles. The van der Waals surface area contributed by atoms with Crippen LogP contribution in [0.3, 0.4) is 0 Å². The van der Waals surface area contributed by atoms with E-state index in [1.54, 1.807) is 6.20 Å². The Morgan fingerprint density at radius 1 is 1.12 bits per heavy atom. The van der Waals surface area contributed by atoms with Crippen LogP contribution in [-0.4, -0.2) is 4.98 Å². The smallest absolute Gasteiger partial charge is 0.00841 e. The van der Waals surface area contributed by atoms with E-state index in [9.17, 15) is 0 Å². The second-order valence-electron chi connectivity index (χ2n) is 3.78. The molecule has 0 fully saturated rings. The highest BCUT2D eigenvalue weighted by Gasteiger charge is 1.99. The summed E-state index contributed by atoms with van der Waals surface area (Å²) in [4.78, 5) is 3.06. The van der Waals surface area contributed by atoms with Gasteiger partial charge in [0, 0.05) is 12.4 Å². The molecule has 0 aliphatic rings. The largest absolute Gasteiger partial charge is 0.405 e. The summed E-state index contributed by atoms with van der Waals surface area (Å²) in [6, 6.07) is 10.5. The van der Waals surface area contributed by atoms with Crippen LogP contribution in [0, 0.1) is 0 Å². The van der Waals surface area contributed by atoms with E-state index in [0.29, 0.717) is 0 Å². The molecule has 0 aliphatic carbocycles. The van der Waals surface area contributed by atoms with Crippen LogP contribution in [0.15, 0.2) is 61.1 Å². The van der Waals surface area contributed by atoms with Gasteiger partial charge in [0.05, 0.1) is 0 Å². The van der Waals surface area contributed by atoms with Gasteiger partial charge in [-0.05, 0) is 47.5 Å². The number of hydrogen-bond acceptors (Lipinski definition) is 1. The quantitative estimate of drug-likeness (QED) is 0.769. The maximum atomic E-state index is 5.42. The Labute approximate surface area is 101 Å². The maximum Gasteiger partial charge on any atom is 0.00841 e. The Morgan fingerprint density at radius 3 is 2.41 bits per heavy atom. The van der Waals surface area contributed by atoms with Crippen LogP contribution < -0.4 is 5.73 Å². The second-order valence-corrected chi connectivity index (χ2v) is 3.78. The zero-order valence-corrected chi connectivity index (χ0v) is 9.85. The number of allylic oxidation sites excluding steroid dienone is 3. The lowest BCUT2D eigenvalue weighted by Gasteiger charge is -2.03. The van der Waals surface area contributed by atoms with Crippen molar-refractivity contribution in [2.24, 2.45) is 5.73 Å². The Balaban J connectivity index is 2.30. The third-order valence-electron chi connectivity index (χ3n) is 2.74. The molecule has 17 heavy (non-hydrogen) atoms. The van der Waals surface area contributed by atoms with Crippen LogP contribution in [0.1, 0.15) is 12.5 Å². The zero-order chi connectivity index (χ0) is 12.1. The van der Waals surface area contributed by atoms with Gasteiger partial charge < -0.3 is 10.7 Å². The lowest BCUT2D eigenvalue weighted by molar-refractivity contribution is 1.41. The van der Waals surface area contributed by atoms with Crippen molar-refractivity contribution in [2.75, 3.05) is 0 Å². The van der Waals surface area contributed by atoms with Gasteiger partial charge in [-0.3, -0.25) is 0 Å². The molecule has 2 rings (SSSR count). The number of nitrogens with one attached hydrogen (secondary N) is 1. The normalized spacial score (nSPS) is 12.2. The topological polar surface area (TPSA) is 41.8 Å². The van der Waals surface area contributed by atoms with Crippen LogP contribution in [-0.2, 0) is 0 Å². The maximum absolute atomic E-state index is 5.42. The summed E-state index contributed by atoms with van der Waals surface area (Å²) >= 11 is 0. The summed E-state index contributed by atoms with van der Waals surface area (Å²) in [5.41, 5.74) is 10.1. The van der Waals surface area contributed by atoms with E-state index in [1.807, 2.05) is 25.4 Å². The van der Waals surface area contributed by atoms with Crippen LogP contribution in [0.5, 0.6) is 0 Å². The molecule has 0 saturated carbocycles. The Bertz CT molecular complexity index is 517. The fraction of sp³-hybridized carbons (Fsp3) is 0.0667. The minimum absolute atomic E-state index is 1.13. The molecule has 0 unspecified atom stereocenters. The Hall–Kier alpha value is -2.22. The number of aromatic nitrogens is 1. The molecule has 1 aromatic heterocycles. The van der Waals surface area contributed by atoms with Crippen LogP contribution in [0.25, 0.3) is 16.7 Å². The van der Waals surface area contributed by atoms with Gasteiger partial charge in [0.25, 0.3) is 0 Å². The van der Waals surface area contributed by atoms with Crippen molar-refractivity contribution in [3.05, 3.63) is 66.6 Å². The molecule has 0 spiro atoms. The molecule has 86 valence electrons. The summed E-state index contributed by atoms with van der Waals surface area (Å²) in [5, 5.41) is 0. The second kappa shape index (κ2) is 5.21. The minimum Gasteiger partial charge on any atom is -0.405 e. The molecule has 3 N–H and O–H groups in total. The van der Waals surface area contributed by atoms with Crippen molar-refractivity contribution in [1.82, 2.24) is 4.98 Å². The zero-order valence-electron chi connectivity index (χ0n) is 9.85. The van der Waals surface area contributed by atoms with Gasteiger partial charge in [-0.15, -0.1) is 0 Å². The van der Waals surface area contributed by atoms with Gasteiger partial charge >= 0.3 is 0 Å². The molecule has 0 amide bonds. The molecule has 1 aromatic carbocycles. The van der Waals surface area contributed by atoms with E-state index in [1.165, 1.54) is 16.7 Å². The van der Waals surface area contributed by atoms with Crippen molar-refractivity contribution < 1.29 is 0 Å². The Morgan fingerprint density at radius 2 is 1.88 bits per heavy atom. The molecular weight excluding hydrogens is 208 g/mol. The average Bonchev–Trinajstić information content (AvgIpc) is 2.90. The predicted octanol–water partition coefficient (Wildman–Crippen LogP) is 3.56. The number of hydrogen-bond donors (Lipinski definition) is 2. The highest BCUT2D eigenvalue weighted by molar-refractivity contribution is 5.75. The molecule has 2 nitrogen and oxygen atoms in total. The molecule has 2 aromatic rings. The van der Waals surface area contributed by atoms with Gasteiger partial charge in [0.15, 0.2) is 0 Å². The van der Waals surface area contributed by atoms with E-state index in [-0.39, 0.29) is 0 Å². The first kappa shape index (κ1) is 11.3. The predicted molar refractivity (Wildman–Crippen MR) is 73.2 cm³/mol. The third-order valence-corrected chi connectivity index (χ3v) is 2.74. The SMILES string of the molecule is C/C=C(\C=C/N)c1ccc(-c2cc[nH]c2)cc1. The van der Waals surface area contributed by atoms with E-state index >= 15 is 0 Å². The Kier molecular flexibility index (Phi) is 3.46. The van der Waals surface area contributed by atoms with E-state index in [2.05, 4.69) is 41.4 Å². The summed E-state index contributed by atoms with van der Waals surface area (Å²) < 4.78 is 0. The lowest BCUT2D eigenvalue weighted by atomic mass is 10.0. The minimum atomic E-state index is 1.13. The summed E-state index contributed by atoms with van der Waals surface area (Å²) in [6.07, 6.45) is 9.44. The molecule has 0 radical (unpaired) electrons. The summed E-state index contributed by atoms with van der Waals surface area (Å²) in [6.45, 7) is 2.01. The molecule has 1 heterocycles. The fourth-order valence-corrected chi connectivity index (χ4v) is 1.82. The van der Waals surface area contributed by atoms with Crippen molar-refractivity contribution in [1.29, 1.82) is 0 Å². The monoisotopic (exact) mass is 224 g/mol. The molecule has 0 aliphatic heterocycles. The van der Waals surface area contributed by atoms with Crippen LogP contribution in [0.2, 0.25) is 0 Å². The first-order valence-corrected chi connectivity index (χ1v) is 5.63. The average molecular weight is 224 g/mol. The number of H-pyrrole nitrogens is 1. The molecule has 2 heteroatoms. The van der Waals surface area contributed by atoms with Crippen LogP contribution >= 0.6 is 0 Å². The van der Waals surface area contributed by atoms with Crippen LogP contribution in [0.4, 0.5) is 0 Å². The van der Waals surface area contributed by atoms with Crippen molar-refractivity contribution in [3.63, 3.8) is 0 Å². The van der Waals surface area contributed by atoms with Crippen molar-refractivity contribution >= 4 is 5.57 Å². The summed E-state index contributed by atoms with van der Waals surface area (Å²) in [5.74, 6) is 0. The van der Waals surface area contributed by atoms with Gasteiger partial charge in [0.1, 0.15) is 0 Å². The van der Waals surface area contributed by atoms with Crippen molar-refractivity contribution in [3.8, 4) is 11.1 Å². The first-order chi connectivity index (χ1) is 8.35. The first-order valence-electron chi connectivity index (χ1n) is 5.63. The lowest BCUT2D eigenvalue weighted by Crippen LogP contribution is -1.84. The van der Waals surface area contributed by atoms with E-state index in [0.717, 1.165) is 5.57 Å². The number of rotatable bonds is 3. The van der Waals surface area contributed by atoms with Gasteiger partial charge in [-0.1, -0.05) is 30.3 Å². The molecule has 0 bridgehead atoms. The van der Waals surface area contributed by atoms with E-state index in [4.69, 9.17) is 5.73 Å². The fourth-order valence-electron chi connectivity index (χ4n) is 1.82. The highest BCUT2D eigenvalue weighted by Crippen LogP contribution is 2.22. The van der Waals surface area contributed by atoms with Gasteiger partial charge in [-0.2, -0.15) is 0 Å². The number of nitrogens with two attached hydrogens (primary N) is 1. The van der Waals surface area contributed by atoms with Gasteiger partial charge in [0.2, 0.25) is 0 Å². The van der Waals surface area contributed by atoms with Gasteiger partial charge in [-0.25, -0.2) is 0 Å². The summed E-state index contributed by atoms with van der Waals surface area (Å²) in [7, 11) is 0. The highest BCUT2D eigenvalue weighted by atomic mass is 14.6.